The highest BCUT2D eigenvalue weighted by atomic mass is 32.1. The Hall–Kier alpha value is -2.73. The molecule has 0 radical (unpaired) electrons. The van der Waals surface area contributed by atoms with Gasteiger partial charge in [0.2, 0.25) is 11.8 Å². The zero-order chi connectivity index (χ0) is 18.2. The summed E-state index contributed by atoms with van der Waals surface area (Å²) in [6, 6.07) is 17.1. The average Bonchev–Trinajstić information content (AvgIpc) is 2.60. The molecule has 2 rings (SSSR count). The summed E-state index contributed by atoms with van der Waals surface area (Å²) in [7, 11) is 1.71. The van der Waals surface area contributed by atoms with Gasteiger partial charge in [0, 0.05) is 31.8 Å². The topological polar surface area (TPSA) is 61.4 Å². The van der Waals surface area contributed by atoms with Crippen LogP contribution in [0.15, 0.2) is 54.6 Å². The monoisotopic (exact) mass is 355 g/mol. The first-order valence-electron chi connectivity index (χ1n) is 7.95. The van der Waals surface area contributed by atoms with Gasteiger partial charge in [-0.05, 0) is 48.5 Å². The molecule has 0 aliphatic heterocycles. The number of rotatable bonds is 5. The Morgan fingerprint density at radius 2 is 1.68 bits per heavy atom. The van der Waals surface area contributed by atoms with Gasteiger partial charge in [-0.25, -0.2) is 0 Å². The summed E-state index contributed by atoms with van der Waals surface area (Å²) in [5.41, 5.74) is 2.65. The normalized spacial score (nSPS) is 10.0. The molecule has 0 heterocycles. The van der Waals surface area contributed by atoms with Crippen molar-refractivity contribution in [3.8, 4) is 0 Å². The Morgan fingerprint density at radius 1 is 1.04 bits per heavy atom. The first-order chi connectivity index (χ1) is 12.0. The number of nitrogens with one attached hydrogen (secondary N) is 2. The van der Waals surface area contributed by atoms with Crippen LogP contribution >= 0.6 is 12.2 Å². The molecule has 0 bridgehead atoms. The van der Waals surface area contributed by atoms with E-state index in [1.54, 1.807) is 24.1 Å². The fourth-order valence-corrected chi connectivity index (χ4v) is 2.44. The van der Waals surface area contributed by atoms with Crippen LogP contribution in [0.1, 0.15) is 18.9 Å². The van der Waals surface area contributed by atoms with Crippen LogP contribution in [-0.2, 0) is 16.0 Å². The van der Waals surface area contributed by atoms with E-state index in [9.17, 15) is 9.59 Å². The van der Waals surface area contributed by atoms with E-state index in [4.69, 9.17) is 12.2 Å². The van der Waals surface area contributed by atoms with Gasteiger partial charge in [0.1, 0.15) is 0 Å². The molecule has 5 nitrogen and oxygen atoms in total. The number of amides is 2. The predicted octanol–water partition coefficient (Wildman–Crippen LogP) is 3.12. The number of thiocarbonyl (C=S) groups is 1. The maximum atomic E-state index is 12.0. The summed E-state index contributed by atoms with van der Waals surface area (Å²) in [4.78, 5) is 24.8. The van der Waals surface area contributed by atoms with Gasteiger partial charge in [-0.1, -0.05) is 30.3 Å². The van der Waals surface area contributed by atoms with Crippen LogP contribution in [0.3, 0.4) is 0 Å². The molecule has 0 aromatic heterocycles. The third kappa shape index (κ3) is 6.00. The van der Waals surface area contributed by atoms with Crippen molar-refractivity contribution in [3.05, 3.63) is 60.2 Å². The maximum absolute atomic E-state index is 12.0. The van der Waals surface area contributed by atoms with Gasteiger partial charge in [0.05, 0.1) is 0 Å². The molecule has 0 atom stereocenters. The Bertz CT molecular complexity index is 745. The Balaban J connectivity index is 1.81. The molecule has 2 aromatic rings. The second kappa shape index (κ2) is 8.94. The minimum absolute atomic E-state index is 0.0399. The van der Waals surface area contributed by atoms with Gasteiger partial charge < -0.3 is 15.5 Å². The zero-order valence-corrected chi connectivity index (χ0v) is 15.1. The summed E-state index contributed by atoms with van der Waals surface area (Å²) >= 11 is 5.16. The van der Waals surface area contributed by atoms with Gasteiger partial charge in [-0.3, -0.25) is 9.59 Å². The van der Waals surface area contributed by atoms with Crippen molar-refractivity contribution < 1.29 is 9.59 Å². The molecule has 130 valence electrons. The van der Waals surface area contributed by atoms with Gasteiger partial charge >= 0.3 is 0 Å². The number of anilines is 2. The van der Waals surface area contributed by atoms with Crippen LogP contribution in [0.4, 0.5) is 11.4 Å². The Morgan fingerprint density at radius 3 is 2.28 bits per heavy atom. The number of carbonyl (C=O) groups is 2. The summed E-state index contributed by atoms with van der Waals surface area (Å²) in [6.45, 7) is 1.51. The average molecular weight is 355 g/mol. The minimum Gasteiger partial charge on any atom is -0.332 e. The third-order valence-corrected chi connectivity index (χ3v) is 3.93. The van der Waals surface area contributed by atoms with Crippen molar-refractivity contribution >= 4 is 40.5 Å². The molecule has 0 fully saturated rings. The van der Waals surface area contributed by atoms with E-state index in [1.807, 2.05) is 42.5 Å². The van der Waals surface area contributed by atoms with Crippen molar-refractivity contribution in [2.75, 3.05) is 17.3 Å². The van der Waals surface area contributed by atoms with Crippen LogP contribution in [-0.4, -0.2) is 24.0 Å². The van der Waals surface area contributed by atoms with Crippen molar-refractivity contribution in [1.82, 2.24) is 5.32 Å². The van der Waals surface area contributed by atoms with Crippen LogP contribution in [0, 0.1) is 0 Å². The zero-order valence-electron chi connectivity index (χ0n) is 14.3. The number of carbonyl (C=O) groups excluding carboxylic acids is 2. The summed E-state index contributed by atoms with van der Waals surface area (Å²) < 4.78 is 0. The number of aryl methyl sites for hydroxylation is 1. The summed E-state index contributed by atoms with van der Waals surface area (Å²) in [6.07, 6.45) is 1.04. The maximum Gasteiger partial charge on any atom is 0.226 e. The molecule has 25 heavy (non-hydrogen) atoms. The summed E-state index contributed by atoms with van der Waals surface area (Å²) in [5.74, 6) is -0.170. The van der Waals surface area contributed by atoms with E-state index in [2.05, 4.69) is 10.6 Å². The molecule has 2 amide bonds. The molecular weight excluding hydrogens is 334 g/mol. The van der Waals surface area contributed by atoms with Gasteiger partial charge in [0.25, 0.3) is 0 Å². The number of benzene rings is 2. The lowest BCUT2D eigenvalue weighted by molar-refractivity contribution is -0.119. The van der Waals surface area contributed by atoms with Gasteiger partial charge in [-0.15, -0.1) is 0 Å². The van der Waals surface area contributed by atoms with Gasteiger partial charge in [-0.2, -0.15) is 0 Å². The van der Waals surface area contributed by atoms with E-state index in [0.29, 0.717) is 12.8 Å². The molecule has 0 spiro atoms. The van der Waals surface area contributed by atoms with E-state index >= 15 is 0 Å². The first kappa shape index (κ1) is 18.6. The predicted molar refractivity (Wildman–Crippen MR) is 105 cm³/mol. The second-order valence-electron chi connectivity index (χ2n) is 5.61. The van der Waals surface area contributed by atoms with Crippen LogP contribution in [0.2, 0.25) is 0 Å². The van der Waals surface area contributed by atoms with Crippen molar-refractivity contribution in [2.24, 2.45) is 0 Å². The molecule has 0 unspecified atom stereocenters. The summed E-state index contributed by atoms with van der Waals surface area (Å²) in [5, 5.41) is 5.89. The molecule has 0 aliphatic rings. The van der Waals surface area contributed by atoms with Crippen LogP contribution < -0.4 is 15.5 Å². The van der Waals surface area contributed by atoms with Crippen molar-refractivity contribution in [3.63, 3.8) is 0 Å². The van der Waals surface area contributed by atoms with Crippen LogP contribution in [0.25, 0.3) is 0 Å². The largest absolute Gasteiger partial charge is 0.332 e. The smallest absolute Gasteiger partial charge is 0.226 e. The van der Waals surface area contributed by atoms with E-state index in [1.165, 1.54) is 6.92 Å². The number of hydrogen-bond acceptors (Lipinski definition) is 3. The van der Waals surface area contributed by atoms with E-state index in [-0.39, 0.29) is 16.9 Å². The lowest BCUT2D eigenvalue weighted by Gasteiger charge is -2.16. The van der Waals surface area contributed by atoms with Gasteiger partial charge in [0.15, 0.2) is 5.11 Å². The Kier molecular flexibility index (Phi) is 6.65. The first-order valence-corrected chi connectivity index (χ1v) is 8.35. The molecule has 6 heteroatoms. The Labute approximate surface area is 153 Å². The highest BCUT2D eigenvalue weighted by Crippen LogP contribution is 2.16. The van der Waals surface area contributed by atoms with Crippen molar-refractivity contribution in [2.45, 2.75) is 19.8 Å². The van der Waals surface area contributed by atoms with Crippen LogP contribution in [0.5, 0.6) is 0 Å². The quantitative estimate of drug-likeness (QED) is 0.809. The minimum atomic E-state index is -0.130. The molecule has 0 aliphatic carbocycles. The molecular formula is C19H21N3O2S. The molecule has 2 aromatic carbocycles. The molecule has 0 saturated carbocycles. The third-order valence-electron chi connectivity index (χ3n) is 3.72. The number of nitrogens with zero attached hydrogens (tertiary/aromatic N) is 1. The standard InChI is InChI=1S/C19H21N3O2S/c1-14(23)22(2)17-11-9-16(10-12-17)20-19(25)21-18(24)13-8-15-6-4-3-5-7-15/h3-7,9-12H,8,13H2,1-2H3,(H2,20,21,24,25). The second-order valence-corrected chi connectivity index (χ2v) is 6.02. The molecule has 0 saturated heterocycles. The molecule has 2 N–H and O–H groups in total. The fraction of sp³-hybridized carbons (Fsp3) is 0.211. The number of hydrogen-bond donors (Lipinski definition) is 2. The van der Waals surface area contributed by atoms with Crippen molar-refractivity contribution in [1.29, 1.82) is 0 Å². The SMILES string of the molecule is CC(=O)N(C)c1ccc(NC(=S)NC(=O)CCc2ccccc2)cc1. The fourth-order valence-electron chi connectivity index (χ4n) is 2.20. The van der Waals surface area contributed by atoms with E-state index in [0.717, 1.165) is 16.9 Å². The lowest BCUT2D eigenvalue weighted by atomic mass is 10.1. The highest BCUT2D eigenvalue weighted by Gasteiger charge is 2.07. The van der Waals surface area contributed by atoms with E-state index < -0.39 is 0 Å². The highest BCUT2D eigenvalue weighted by molar-refractivity contribution is 7.80. The lowest BCUT2D eigenvalue weighted by Crippen LogP contribution is -2.34.